The van der Waals surface area contributed by atoms with Crippen molar-refractivity contribution < 1.29 is 13.2 Å². The van der Waals surface area contributed by atoms with Crippen LogP contribution < -0.4 is 4.72 Å². The molecule has 1 amide bonds. The SMILES string of the molecule is CC(=O)NS(=O)(=O)c1ccc(C)cc1I. The number of sulfonamides is 1. The van der Waals surface area contributed by atoms with Gasteiger partial charge < -0.3 is 0 Å². The normalized spacial score (nSPS) is 11.1. The number of halogens is 1. The van der Waals surface area contributed by atoms with E-state index in [9.17, 15) is 13.2 Å². The largest absolute Gasteiger partial charge is 0.274 e. The lowest BCUT2D eigenvalue weighted by Gasteiger charge is -2.07. The van der Waals surface area contributed by atoms with Crippen molar-refractivity contribution >= 4 is 38.5 Å². The van der Waals surface area contributed by atoms with Crippen LogP contribution in [0.5, 0.6) is 0 Å². The van der Waals surface area contributed by atoms with E-state index in [2.05, 4.69) is 0 Å². The number of hydrogen-bond acceptors (Lipinski definition) is 3. The Morgan fingerprint density at radius 2 is 2.00 bits per heavy atom. The van der Waals surface area contributed by atoms with Gasteiger partial charge in [-0.25, -0.2) is 13.1 Å². The van der Waals surface area contributed by atoms with Crippen LogP contribution >= 0.6 is 22.6 Å². The Kier molecular flexibility index (Phi) is 3.72. The molecule has 0 aliphatic rings. The Balaban J connectivity index is 3.22. The predicted octanol–water partition coefficient (Wildman–Crippen LogP) is 1.42. The topological polar surface area (TPSA) is 63.2 Å². The number of aryl methyl sites for hydroxylation is 1. The summed E-state index contributed by atoms with van der Waals surface area (Å²) in [5, 5.41) is 0. The van der Waals surface area contributed by atoms with Gasteiger partial charge in [-0.2, -0.15) is 0 Å². The molecule has 0 bridgehead atoms. The Morgan fingerprint density at radius 3 is 2.47 bits per heavy atom. The minimum absolute atomic E-state index is 0.129. The van der Waals surface area contributed by atoms with Crippen LogP contribution in [0.4, 0.5) is 0 Å². The van der Waals surface area contributed by atoms with Gasteiger partial charge in [-0.05, 0) is 47.2 Å². The van der Waals surface area contributed by atoms with Crippen LogP contribution in [0.3, 0.4) is 0 Å². The number of benzene rings is 1. The minimum Gasteiger partial charge on any atom is -0.274 e. The highest BCUT2D eigenvalue weighted by molar-refractivity contribution is 14.1. The van der Waals surface area contributed by atoms with Gasteiger partial charge in [0.15, 0.2) is 0 Å². The van der Waals surface area contributed by atoms with Gasteiger partial charge in [0.05, 0.1) is 0 Å². The van der Waals surface area contributed by atoms with E-state index < -0.39 is 15.9 Å². The number of amides is 1. The van der Waals surface area contributed by atoms with Gasteiger partial charge >= 0.3 is 0 Å². The van der Waals surface area contributed by atoms with Gasteiger partial charge in [0, 0.05) is 10.5 Å². The quantitative estimate of drug-likeness (QED) is 0.829. The molecule has 1 aromatic rings. The molecule has 1 aromatic carbocycles. The highest BCUT2D eigenvalue weighted by atomic mass is 127. The highest BCUT2D eigenvalue weighted by Crippen LogP contribution is 2.18. The highest BCUT2D eigenvalue weighted by Gasteiger charge is 2.18. The van der Waals surface area contributed by atoms with Gasteiger partial charge in [-0.3, -0.25) is 4.79 Å². The molecule has 0 saturated carbocycles. The first-order valence-corrected chi connectivity index (χ1v) is 6.68. The maximum atomic E-state index is 11.6. The molecular weight excluding hydrogens is 329 g/mol. The third kappa shape index (κ3) is 3.16. The van der Waals surface area contributed by atoms with E-state index in [1.165, 1.54) is 13.0 Å². The van der Waals surface area contributed by atoms with Crippen LogP contribution in [0.1, 0.15) is 12.5 Å². The molecule has 0 aliphatic carbocycles. The number of hydrogen-bond donors (Lipinski definition) is 1. The van der Waals surface area contributed by atoms with Crippen molar-refractivity contribution in [2.75, 3.05) is 0 Å². The van der Waals surface area contributed by atoms with Crippen molar-refractivity contribution in [2.24, 2.45) is 0 Å². The Morgan fingerprint density at radius 1 is 1.40 bits per heavy atom. The average Bonchev–Trinajstić information content (AvgIpc) is 1.99. The molecule has 0 fully saturated rings. The molecule has 0 spiro atoms. The first-order valence-electron chi connectivity index (χ1n) is 4.12. The molecule has 0 radical (unpaired) electrons. The molecule has 0 saturated heterocycles. The fourth-order valence-electron chi connectivity index (χ4n) is 1.07. The standard InChI is InChI=1S/C9H10INO3S/c1-6-3-4-9(8(10)5-6)15(13,14)11-7(2)12/h3-5H,1-2H3,(H,11,12). The van der Waals surface area contributed by atoms with Crippen molar-refractivity contribution in [1.29, 1.82) is 0 Å². The Bertz CT molecular complexity index is 496. The fraction of sp³-hybridized carbons (Fsp3) is 0.222. The number of carbonyl (C=O) groups is 1. The molecule has 0 aliphatic heterocycles. The van der Waals surface area contributed by atoms with Crippen molar-refractivity contribution in [2.45, 2.75) is 18.7 Å². The van der Waals surface area contributed by atoms with Crippen LogP contribution in [0.15, 0.2) is 23.1 Å². The second-order valence-corrected chi connectivity index (χ2v) is 5.91. The van der Waals surface area contributed by atoms with Crippen LogP contribution in [0, 0.1) is 10.5 Å². The Hall–Kier alpha value is -0.630. The van der Waals surface area contributed by atoms with Crippen LogP contribution in [-0.4, -0.2) is 14.3 Å². The second kappa shape index (κ2) is 4.48. The first kappa shape index (κ1) is 12.4. The summed E-state index contributed by atoms with van der Waals surface area (Å²) in [6.07, 6.45) is 0. The molecule has 6 heteroatoms. The Labute approximate surface area is 102 Å². The van der Waals surface area contributed by atoms with Gasteiger partial charge in [-0.15, -0.1) is 0 Å². The monoisotopic (exact) mass is 339 g/mol. The van der Waals surface area contributed by atoms with Crippen LogP contribution in [0.2, 0.25) is 0 Å². The molecule has 1 N–H and O–H groups in total. The van der Waals surface area contributed by atoms with Gasteiger partial charge in [0.2, 0.25) is 5.91 Å². The molecule has 0 aromatic heterocycles. The zero-order chi connectivity index (χ0) is 11.6. The van der Waals surface area contributed by atoms with E-state index >= 15 is 0 Å². The zero-order valence-corrected chi connectivity index (χ0v) is 11.2. The summed E-state index contributed by atoms with van der Waals surface area (Å²) in [6, 6.07) is 4.93. The van der Waals surface area contributed by atoms with E-state index in [1.54, 1.807) is 12.1 Å². The van der Waals surface area contributed by atoms with Gasteiger partial charge in [0.1, 0.15) is 4.90 Å². The summed E-state index contributed by atoms with van der Waals surface area (Å²) >= 11 is 1.93. The van der Waals surface area contributed by atoms with E-state index in [-0.39, 0.29) is 4.90 Å². The summed E-state index contributed by atoms with van der Waals surface area (Å²) in [6.45, 7) is 3.04. The van der Waals surface area contributed by atoms with E-state index in [4.69, 9.17) is 0 Å². The number of carbonyl (C=O) groups excluding carboxylic acids is 1. The molecule has 15 heavy (non-hydrogen) atoms. The maximum absolute atomic E-state index is 11.6. The van der Waals surface area contributed by atoms with E-state index in [1.807, 2.05) is 34.2 Å². The van der Waals surface area contributed by atoms with Crippen LogP contribution in [-0.2, 0) is 14.8 Å². The number of rotatable bonds is 2. The molecular formula is C9H10INO3S. The van der Waals surface area contributed by atoms with Crippen molar-refractivity contribution in [3.05, 3.63) is 27.3 Å². The molecule has 82 valence electrons. The lowest BCUT2D eigenvalue weighted by Crippen LogP contribution is -2.28. The third-order valence-electron chi connectivity index (χ3n) is 1.65. The zero-order valence-electron chi connectivity index (χ0n) is 8.24. The molecule has 1 rings (SSSR count). The smallest absolute Gasteiger partial charge is 0.265 e. The molecule has 0 heterocycles. The molecule has 0 unspecified atom stereocenters. The fourth-order valence-corrected chi connectivity index (χ4v) is 3.66. The second-order valence-electron chi connectivity index (χ2n) is 3.10. The van der Waals surface area contributed by atoms with E-state index in [0.717, 1.165) is 5.56 Å². The van der Waals surface area contributed by atoms with Gasteiger partial charge in [-0.1, -0.05) is 6.07 Å². The van der Waals surface area contributed by atoms with Crippen molar-refractivity contribution in [3.8, 4) is 0 Å². The third-order valence-corrected chi connectivity index (χ3v) is 4.40. The summed E-state index contributed by atoms with van der Waals surface area (Å²) in [4.78, 5) is 10.8. The lowest BCUT2D eigenvalue weighted by atomic mass is 10.2. The number of nitrogens with one attached hydrogen (secondary N) is 1. The summed E-state index contributed by atoms with van der Waals surface area (Å²) in [7, 11) is -3.71. The van der Waals surface area contributed by atoms with Crippen molar-refractivity contribution in [1.82, 2.24) is 4.72 Å². The minimum atomic E-state index is -3.71. The van der Waals surface area contributed by atoms with Crippen LogP contribution in [0.25, 0.3) is 0 Å². The molecule has 0 atom stereocenters. The summed E-state index contributed by atoms with van der Waals surface area (Å²) < 4.78 is 25.8. The van der Waals surface area contributed by atoms with Gasteiger partial charge in [0.25, 0.3) is 10.0 Å². The first-order chi connectivity index (χ1) is 6.83. The predicted molar refractivity (Wildman–Crippen MR) is 64.9 cm³/mol. The molecule has 4 nitrogen and oxygen atoms in total. The van der Waals surface area contributed by atoms with E-state index in [0.29, 0.717) is 3.57 Å². The summed E-state index contributed by atoms with van der Waals surface area (Å²) in [5.74, 6) is -0.591. The average molecular weight is 339 g/mol. The lowest BCUT2D eigenvalue weighted by molar-refractivity contribution is -0.117. The van der Waals surface area contributed by atoms with Crippen molar-refractivity contribution in [3.63, 3.8) is 0 Å². The maximum Gasteiger partial charge on any atom is 0.265 e. The summed E-state index contributed by atoms with van der Waals surface area (Å²) in [5.41, 5.74) is 0.973.